The largest absolute Gasteiger partial charge is 0.461 e. The van der Waals surface area contributed by atoms with Crippen LogP contribution < -0.4 is 5.73 Å². The molecule has 0 fully saturated rings. The highest BCUT2D eigenvalue weighted by molar-refractivity contribution is 5.69. The number of hydrogen-bond donors (Lipinski definition) is 1. The molecule has 0 aliphatic heterocycles. The molecule has 1 aromatic carbocycles. The summed E-state index contributed by atoms with van der Waals surface area (Å²) in [6, 6.07) is 9.63. The molecule has 1 aromatic rings. The quantitative estimate of drug-likeness (QED) is 0.491. The van der Waals surface area contributed by atoms with Crippen LogP contribution >= 0.6 is 0 Å². The average molecular weight is 281 g/mol. The highest BCUT2D eigenvalue weighted by Crippen LogP contribution is 2.02. The summed E-state index contributed by atoms with van der Waals surface area (Å²) in [5.74, 6) is -0.197. The van der Waals surface area contributed by atoms with Gasteiger partial charge >= 0.3 is 5.97 Å². The van der Waals surface area contributed by atoms with Crippen molar-refractivity contribution in [1.29, 1.82) is 0 Å². The van der Waals surface area contributed by atoms with E-state index >= 15 is 0 Å². The molecule has 0 heterocycles. The van der Waals surface area contributed by atoms with Crippen LogP contribution in [0.4, 0.5) is 0 Å². The van der Waals surface area contributed by atoms with Gasteiger partial charge in [0.05, 0.1) is 19.8 Å². The molecular formula is C15H23NO4. The molecule has 5 nitrogen and oxygen atoms in total. The van der Waals surface area contributed by atoms with Gasteiger partial charge in [0.1, 0.15) is 6.61 Å². The smallest absolute Gasteiger partial charge is 0.306 e. The lowest BCUT2D eigenvalue weighted by atomic mass is 10.2. The minimum Gasteiger partial charge on any atom is -0.461 e. The average Bonchev–Trinajstić information content (AvgIpc) is 2.49. The molecule has 20 heavy (non-hydrogen) atoms. The van der Waals surface area contributed by atoms with Crippen molar-refractivity contribution in [2.24, 2.45) is 5.73 Å². The molecule has 0 aliphatic rings. The summed E-state index contributed by atoms with van der Waals surface area (Å²) in [7, 11) is 0. The first kappa shape index (κ1) is 16.6. The van der Waals surface area contributed by atoms with Crippen molar-refractivity contribution in [3.63, 3.8) is 0 Å². The molecule has 0 saturated heterocycles. The minimum absolute atomic E-state index is 0.197. The molecule has 0 saturated carbocycles. The summed E-state index contributed by atoms with van der Waals surface area (Å²) >= 11 is 0. The maximum Gasteiger partial charge on any atom is 0.306 e. The van der Waals surface area contributed by atoms with E-state index in [0.29, 0.717) is 52.4 Å². The number of carbonyl (C=O) groups is 1. The number of ether oxygens (including phenoxy) is 3. The zero-order valence-corrected chi connectivity index (χ0v) is 11.8. The third-order valence-corrected chi connectivity index (χ3v) is 2.55. The fraction of sp³-hybridized carbons (Fsp3) is 0.533. The third kappa shape index (κ3) is 8.63. The van der Waals surface area contributed by atoms with Gasteiger partial charge in [0.25, 0.3) is 0 Å². The number of hydrogen-bond acceptors (Lipinski definition) is 5. The molecule has 0 unspecified atom stereocenters. The van der Waals surface area contributed by atoms with Crippen LogP contribution in [0, 0.1) is 0 Å². The molecule has 1 rings (SSSR count). The zero-order valence-electron chi connectivity index (χ0n) is 11.8. The lowest BCUT2D eigenvalue weighted by molar-refractivity contribution is -0.145. The molecular weight excluding hydrogens is 258 g/mol. The second-order valence-corrected chi connectivity index (χ2v) is 4.26. The maximum absolute atomic E-state index is 11.5. The van der Waals surface area contributed by atoms with Gasteiger partial charge < -0.3 is 19.9 Å². The van der Waals surface area contributed by atoms with Crippen LogP contribution in [0.15, 0.2) is 30.3 Å². The topological polar surface area (TPSA) is 70.8 Å². The Balaban J connectivity index is 1.93. The number of benzene rings is 1. The van der Waals surface area contributed by atoms with Crippen LogP contribution in [-0.4, -0.2) is 38.9 Å². The van der Waals surface area contributed by atoms with Crippen LogP contribution in [0.2, 0.25) is 0 Å². The first-order valence-electron chi connectivity index (χ1n) is 6.88. The summed E-state index contributed by atoms with van der Waals surface area (Å²) in [5.41, 5.74) is 6.27. The van der Waals surface area contributed by atoms with E-state index in [-0.39, 0.29) is 5.97 Å². The molecule has 0 aliphatic carbocycles. The van der Waals surface area contributed by atoms with Crippen molar-refractivity contribution in [3.05, 3.63) is 35.9 Å². The van der Waals surface area contributed by atoms with E-state index in [0.717, 1.165) is 5.56 Å². The van der Waals surface area contributed by atoms with E-state index in [2.05, 4.69) is 0 Å². The second kappa shape index (κ2) is 11.4. The van der Waals surface area contributed by atoms with Gasteiger partial charge in [-0.3, -0.25) is 4.79 Å². The zero-order chi connectivity index (χ0) is 14.5. The number of carbonyl (C=O) groups excluding carboxylic acids is 1. The van der Waals surface area contributed by atoms with E-state index in [1.807, 2.05) is 30.3 Å². The van der Waals surface area contributed by atoms with Crippen LogP contribution in [0.5, 0.6) is 0 Å². The van der Waals surface area contributed by atoms with Gasteiger partial charge in [-0.2, -0.15) is 0 Å². The van der Waals surface area contributed by atoms with Crippen molar-refractivity contribution in [2.45, 2.75) is 19.4 Å². The highest BCUT2D eigenvalue weighted by Gasteiger charge is 2.03. The van der Waals surface area contributed by atoms with Crippen molar-refractivity contribution in [1.82, 2.24) is 0 Å². The molecule has 2 N–H and O–H groups in total. The van der Waals surface area contributed by atoms with Crippen LogP contribution in [0.25, 0.3) is 0 Å². The highest BCUT2D eigenvalue weighted by atomic mass is 16.5. The molecule has 0 amide bonds. The van der Waals surface area contributed by atoms with E-state index in [9.17, 15) is 4.79 Å². The van der Waals surface area contributed by atoms with Gasteiger partial charge in [-0.15, -0.1) is 0 Å². The van der Waals surface area contributed by atoms with E-state index < -0.39 is 0 Å². The maximum atomic E-state index is 11.5. The molecule has 0 spiro atoms. The standard InChI is InChI=1S/C15H23NO4/c16-8-10-19-12-11-18-9-4-7-15(17)20-13-14-5-2-1-3-6-14/h1-3,5-6H,4,7-13,16H2. The first-order chi connectivity index (χ1) is 9.83. The predicted molar refractivity (Wildman–Crippen MR) is 76.2 cm³/mol. The van der Waals surface area contributed by atoms with E-state index in [4.69, 9.17) is 19.9 Å². The Hall–Kier alpha value is -1.43. The van der Waals surface area contributed by atoms with E-state index in [1.54, 1.807) is 0 Å². The molecule has 0 bridgehead atoms. The number of esters is 1. The fourth-order valence-electron chi connectivity index (χ4n) is 1.53. The Kier molecular flexibility index (Phi) is 9.48. The predicted octanol–water partition coefficient (Wildman–Crippen LogP) is 1.50. The molecule has 0 atom stereocenters. The SMILES string of the molecule is NCCOCCOCCCC(=O)OCc1ccccc1. The number of nitrogens with two attached hydrogens (primary N) is 1. The van der Waals surface area contributed by atoms with Gasteiger partial charge in [-0.05, 0) is 12.0 Å². The van der Waals surface area contributed by atoms with Crippen LogP contribution in [0.3, 0.4) is 0 Å². The lowest BCUT2D eigenvalue weighted by Gasteiger charge is -2.06. The van der Waals surface area contributed by atoms with Crippen molar-refractivity contribution in [3.8, 4) is 0 Å². The van der Waals surface area contributed by atoms with Crippen molar-refractivity contribution in [2.75, 3.05) is 33.0 Å². The Labute approximate surface area is 120 Å². The molecule has 112 valence electrons. The molecule has 0 aromatic heterocycles. The second-order valence-electron chi connectivity index (χ2n) is 4.26. The molecule has 0 radical (unpaired) electrons. The van der Waals surface area contributed by atoms with Gasteiger partial charge in [0.2, 0.25) is 0 Å². The summed E-state index contributed by atoms with van der Waals surface area (Å²) in [6.45, 7) is 3.00. The molecule has 5 heteroatoms. The summed E-state index contributed by atoms with van der Waals surface area (Å²) < 4.78 is 15.6. The summed E-state index contributed by atoms with van der Waals surface area (Å²) in [4.78, 5) is 11.5. The Morgan fingerprint density at radius 2 is 1.70 bits per heavy atom. The van der Waals surface area contributed by atoms with E-state index in [1.165, 1.54) is 0 Å². The normalized spacial score (nSPS) is 10.4. The van der Waals surface area contributed by atoms with Crippen LogP contribution in [-0.2, 0) is 25.6 Å². The van der Waals surface area contributed by atoms with Crippen LogP contribution in [0.1, 0.15) is 18.4 Å². The van der Waals surface area contributed by atoms with Crippen molar-refractivity contribution < 1.29 is 19.0 Å². The Bertz CT molecular complexity index is 356. The third-order valence-electron chi connectivity index (χ3n) is 2.55. The monoisotopic (exact) mass is 281 g/mol. The van der Waals surface area contributed by atoms with Gasteiger partial charge in [0.15, 0.2) is 0 Å². The van der Waals surface area contributed by atoms with Gasteiger partial charge in [0, 0.05) is 19.6 Å². The number of rotatable bonds is 11. The van der Waals surface area contributed by atoms with Gasteiger partial charge in [-0.1, -0.05) is 30.3 Å². The summed E-state index contributed by atoms with van der Waals surface area (Å²) in [5, 5.41) is 0. The Morgan fingerprint density at radius 3 is 2.40 bits per heavy atom. The lowest BCUT2D eigenvalue weighted by Crippen LogP contribution is -2.12. The first-order valence-corrected chi connectivity index (χ1v) is 6.88. The van der Waals surface area contributed by atoms with Gasteiger partial charge in [-0.25, -0.2) is 0 Å². The van der Waals surface area contributed by atoms with Crippen molar-refractivity contribution >= 4 is 5.97 Å². The fourth-order valence-corrected chi connectivity index (χ4v) is 1.53. The summed E-state index contributed by atoms with van der Waals surface area (Å²) in [6.07, 6.45) is 1.03. The minimum atomic E-state index is -0.197. The Morgan fingerprint density at radius 1 is 1.00 bits per heavy atom.